The molecule has 20 heavy (non-hydrogen) atoms. The predicted octanol–water partition coefficient (Wildman–Crippen LogP) is 1.97. The molecule has 0 spiro atoms. The van der Waals surface area contributed by atoms with Gasteiger partial charge in [0.15, 0.2) is 0 Å². The topological polar surface area (TPSA) is 61.4 Å². The third-order valence-corrected chi connectivity index (χ3v) is 3.06. The lowest BCUT2D eigenvalue weighted by molar-refractivity contribution is -0.117. The van der Waals surface area contributed by atoms with Crippen molar-refractivity contribution >= 4 is 17.5 Å². The van der Waals surface area contributed by atoms with Crippen LogP contribution < -0.4 is 15.8 Å². The van der Waals surface area contributed by atoms with E-state index >= 15 is 0 Å². The van der Waals surface area contributed by atoms with Gasteiger partial charge in [-0.15, -0.1) is 0 Å². The van der Waals surface area contributed by atoms with Crippen LogP contribution in [-0.4, -0.2) is 18.4 Å². The highest BCUT2D eigenvalue weighted by molar-refractivity contribution is 5.97. The van der Waals surface area contributed by atoms with Crippen molar-refractivity contribution < 1.29 is 9.59 Å². The number of carbonyl (C=O) groups excluding carboxylic acids is 2. The van der Waals surface area contributed by atoms with Crippen LogP contribution in [-0.2, 0) is 4.79 Å². The monoisotopic (exact) mass is 273 g/mol. The number of rotatable bonds is 4. The zero-order valence-corrected chi connectivity index (χ0v) is 11.8. The number of amides is 2. The first-order chi connectivity index (χ1) is 9.58. The molecular formula is C15H19N3O2. The van der Waals surface area contributed by atoms with E-state index in [0.29, 0.717) is 12.0 Å². The molecule has 106 valence electrons. The van der Waals surface area contributed by atoms with Crippen molar-refractivity contribution in [1.29, 1.82) is 0 Å². The number of allylic oxidation sites excluding steroid dienone is 1. The zero-order valence-electron chi connectivity index (χ0n) is 11.8. The molecule has 0 bridgehead atoms. The fraction of sp³-hybridized carbons (Fsp3) is 0.333. The summed E-state index contributed by atoms with van der Waals surface area (Å²) in [6.45, 7) is 4.62. The van der Waals surface area contributed by atoms with Crippen LogP contribution in [0.15, 0.2) is 36.0 Å². The van der Waals surface area contributed by atoms with Gasteiger partial charge in [0.25, 0.3) is 5.91 Å². The van der Waals surface area contributed by atoms with Crippen LogP contribution in [0.1, 0.15) is 37.0 Å². The van der Waals surface area contributed by atoms with E-state index in [1.165, 1.54) is 0 Å². The van der Waals surface area contributed by atoms with Crippen LogP contribution in [0.3, 0.4) is 0 Å². The maximum absolute atomic E-state index is 11.8. The molecule has 1 heterocycles. The Labute approximate surface area is 118 Å². The lowest BCUT2D eigenvalue weighted by Crippen LogP contribution is -2.33. The van der Waals surface area contributed by atoms with E-state index in [2.05, 4.69) is 10.9 Å². The number of carbonyl (C=O) groups is 2. The third-order valence-electron chi connectivity index (χ3n) is 3.06. The van der Waals surface area contributed by atoms with Gasteiger partial charge in [0, 0.05) is 30.4 Å². The third kappa shape index (κ3) is 3.38. The molecule has 1 saturated heterocycles. The summed E-state index contributed by atoms with van der Waals surface area (Å²) in [5.41, 5.74) is 7.78. The Bertz CT molecular complexity index is 531. The van der Waals surface area contributed by atoms with E-state index in [1.54, 1.807) is 35.4 Å². The second-order valence-electron chi connectivity index (χ2n) is 5.02. The molecule has 0 aliphatic carbocycles. The number of hydrogen-bond acceptors (Lipinski definition) is 3. The first-order valence-electron chi connectivity index (χ1n) is 6.67. The van der Waals surface area contributed by atoms with Crippen LogP contribution in [0.25, 0.3) is 0 Å². The summed E-state index contributed by atoms with van der Waals surface area (Å²) in [4.78, 5) is 25.2. The fourth-order valence-electron chi connectivity index (χ4n) is 2.03. The van der Waals surface area contributed by atoms with Crippen molar-refractivity contribution in [1.82, 2.24) is 10.9 Å². The van der Waals surface area contributed by atoms with Gasteiger partial charge in [-0.2, -0.15) is 0 Å². The van der Waals surface area contributed by atoms with Gasteiger partial charge < -0.3 is 10.3 Å². The molecule has 0 saturated carbocycles. The van der Waals surface area contributed by atoms with Crippen molar-refractivity contribution in [2.75, 3.05) is 11.4 Å². The van der Waals surface area contributed by atoms with E-state index in [0.717, 1.165) is 24.2 Å². The van der Waals surface area contributed by atoms with Crippen LogP contribution in [0, 0.1) is 0 Å². The molecule has 1 aliphatic rings. The molecule has 1 aromatic rings. The predicted molar refractivity (Wildman–Crippen MR) is 78.1 cm³/mol. The summed E-state index contributed by atoms with van der Waals surface area (Å²) in [5.74, 6) is -0.0609. The van der Waals surface area contributed by atoms with Gasteiger partial charge in [0.05, 0.1) is 0 Å². The summed E-state index contributed by atoms with van der Waals surface area (Å²) in [7, 11) is 0. The second kappa shape index (κ2) is 6.23. The maximum Gasteiger partial charge on any atom is 0.269 e. The number of benzene rings is 1. The zero-order chi connectivity index (χ0) is 14.5. The van der Waals surface area contributed by atoms with Crippen molar-refractivity contribution in [3.63, 3.8) is 0 Å². The first kappa shape index (κ1) is 14.1. The van der Waals surface area contributed by atoms with Gasteiger partial charge in [-0.1, -0.05) is 5.57 Å². The molecule has 5 nitrogen and oxygen atoms in total. The highest BCUT2D eigenvalue weighted by atomic mass is 16.2. The van der Waals surface area contributed by atoms with E-state index in [-0.39, 0.29) is 11.8 Å². The molecular weight excluding hydrogens is 254 g/mol. The number of hydrazine groups is 1. The van der Waals surface area contributed by atoms with E-state index in [1.807, 2.05) is 13.8 Å². The minimum absolute atomic E-state index is 0.146. The summed E-state index contributed by atoms with van der Waals surface area (Å²) in [6.07, 6.45) is 3.22. The van der Waals surface area contributed by atoms with Crippen molar-refractivity contribution in [3.8, 4) is 0 Å². The summed E-state index contributed by atoms with van der Waals surface area (Å²) in [5, 5.41) is 0. The lowest BCUT2D eigenvalue weighted by Gasteiger charge is -2.15. The average Bonchev–Trinajstić information content (AvgIpc) is 2.84. The Balaban J connectivity index is 1.99. The van der Waals surface area contributed by atoms with E-state index in [9.17, 15) is 9.59 Å². The maximum atomic E-state index is 11.8. The van der Waals surface area contributed by atoms with Gasteiger partial charge in [0.1, 0.15) is 0 Å². The Morgan fingerprint density at radius 2 is 1.95 bits per heavy atom. The Hall–Kier alpha value is -2.30. The average molecular weight is 273 g/mol. The minimum Gasteiger partial charge on any atom is -0.312 e. The number of nitrogens with zero attached hydrogens (tertiary/aromatic N) is 1. The van der Waals surface area contributed by atoms with Gasteiger partial charge in [-0.25, -0.2) is 0 Å². The normalized spacial score (nSPS) is 14.1. The summed E-state index contributed by atoms with van der Waals surface area (Å²) < 4.78 is 0. The Morgan fingerprint density at radius 3 is 2.50 bits per heavy atom. The van der Waals surface area contributed by atoms with Crippen LogP contribution >= 0.6 is 0 Å². The Morgan fingerprint density at radius 1 is 1.25 bits per heavy atom. The lowest BCUT2D eigenvalue weighted by atomic mass is 10.2. The van der Waals surface area contributed by atoms with Gasteiger partial charge in [-0.05, 0) is 44.5 Å². The number of nitrogens with one attached hydrogen (secondary N) is 2. The highest BCUT2D eigenvalue weighted by Gasteiger charge is 2.21. The summed E-state index contributed by atoms with van der Waals surface area (Å²) in [6, 6.07) is 7.05. The van der Waals surface area contributed by atoms with Crippen molar-refractivity contribution in [2.45, 2.75) is 26.7 Å². The second-order valence-corrected chi connectivity index (χ2v) is 5.02. The number of hydrogen-bond donors (Lipinski definition) is 2. The standard InChI is InChI=1S/C15H19N3O2/c1-11(2)10-16-17-15(20)12-5-7-13(8-6-12)18-9-3-4-14(18)19/h5-8,10,16H,3-4,9H2,1-2H3,(H,17,20). The summed E-state index contributed by atoms with van der Waals surface area (Å²) >= 11 is 0. The Kier molecular flexibility index (Phi) is 4.40. The van der Waals surface area contributed by atoms with Crippen LogP contribution in [0.5, 0.6) is 0 Å². The quantitative estimate of drug-likeness (QED) is 0.825. The highest BCUT2D eigenvalue weighted by Crippen LogP contribution is 2.21. The minimum atomic E-state index is -0.207. The number of anilines is 1. The van der Waals surface area contributed by atoms with Gasteiger partial charge in [0.2, 0.25) is 5.91 Å². The van der Waals surface area contributed by atoms with Crippen molar-refractivity contribution in [2.24, 2.45) is 0 Å². The van der Waals surface area contributed by atoms with Gasteiger partial charge >= 0.3 is 0 Å². The molecule has 1 fully saturated rings. The van der Waals surface area contributed by atoms with E-state index in [4.69, 9.17) is 0 Å². The largest absolute Gasteiger partial charge is 0.312 e. The van der Waals surface area contributed by atoms with Crippen LogP contribution in [0.2, 0.25) is 0 Å². The smallest absolute Gasteiger partial charge is 0.269 e. The molecule has 2 amide bonds. The molecule has 0 radical (unpaired) electrons. The SMILES string of the molecule is CC(C)=CNNC(=O)c1ccc(N2CCCC2=O)cc1. The molecule has 5 heteroatoms. The molecule has 0 atom stereocenters. The first-order valence-corrected chi connectivity index (χ1v) is 6.67. The molecule has 0 aromatic heterocycles. The molecule has 1 aliphatic heterocycles. The van der Waals surface area contributed by atoms with Crippen LogP contribution in [0.4, 0.5) is 5.69 Å². The van der Waals surface area contributed by atoms with Gasteiger partial charge in [-0.3, -0.25) is 15.0 Å². The molecule has 0 unspecified atom stereocenters. The van der Waals surface area contributed by atoms with E-state index < -0.39 is 0 Å². The molecule has 1 aromatic carbocycles. The molecule has 2 rings (SSSR count). The fourth-order valence-corrected chi connectivity index (χ4v) is 2.03. The molecule has 2 N–H and O–H groups in total. The van der Waals surface area contributed by atoms with Crippen molar-refractivity contribution in [3.05, 3.63) is 41.6 Å².